The van der Waals surface area contributed by atoms with Crippen LogP contribution in [0.2, 0.25) is 0 Å². The van der Waals surface area contributed by atoms with Gasteiger partial charge in [0, 0.05) is 5.56 Å². The van der Waals surface area contributed by atoms with Gasteiger partial charge in [-0.25, -0.2) is 9.97 Å². The molecule has 1 heterocycles. The first-order chi connectivity index (χ1) is 10.1. The van der Waals surface area contributed by atoms with Gasteiger partial charge < -0.3 is 10.1 Å². The highest BCUT2D eigenvalue weighted by Gasteiger charge is 2.11. The first kappa shape index (κ1) is 15.9. The molecule has 0 aliphatic heterocycles. The number of carbonyl (C=O) groups is 1. The van der Waals surface area contributed by atoms with Crippen molar-refractivity contribution in [3.63, 3.8) is 0 Å². The van der Waals surface area contributed by atoms with Gasteiger partial charge in [-0.3, -0.25) is 4.79 Å². The molecule has 0 unspecified atom stereocenters. The van der Waals surface area contributed by atoms with Gasteiger partial charge in [0.2, 0.25) is 0 Å². The molecule has 7 heteroatoms. The Bertz CT molecular complexity index is 650. The number of ether oxygens (including phenoxy) is 1. The van der Waals surface area contributed by atoms with Crippen molar-refractivity contribution in [2.45, 2.75) is 13.3 Å². The van der Waals surface area contributed by atoms with Crippen molar-refractivity contribution < 1.29 is 9.53 Å². The number of anilines is 1. The topological polar surface area (TPSA) is 64.1 Å². The third kappa shape index (κ3) is 4.50. The zero-order chi connectivity index (χ0) is 15.2. The highest BCUT2D eigenvalue weighted by Crippen LogP contribution is 2.21. The van der Waals surface area contributed by atoms with Crippen LogP contribution in [0.4, 0.5) is 5.82 Å². The van der Waals surface area contributed by atoms with Crippen LogP contribution in [0.15, 0.2) is 39.7 Å². The highest BCUT2D eigenvalue weighted by atomic mass is 79.9. The fourth-order valence-electron chi connectivity index (χ4n) is 1.56. The van der Waals surface area contributed by atoms with Crippen molar-refractivity contribution in [3.8, 4) is 5.75 Å². The molecule has 0 aliphatic rings. The number of rotatable bonds is 5. The number of hydrogen-bond donors (Lipinski definition) is 1. The molecule has 21 heavy (non-hydrogen) atoms. The minimum Gasteiger partial charge on any atom is -0.494 e. The van der Waals surface area contributed by atoms with Crippen molar-refractivity contribution >= 4 is 43.6 Å². The maximum Gasteiger partial charge on any atom is 0.257 e. The van der Waals surface area contributed by atoms with Crippen molar-refractivity contribution in [1.82, 2.24) is 9.97 Å². The number of nitrogens with zero attached hydrogens (tertiary/aromatic N) is 2. The summed E-state index contributed by atoms with van der Waals surface area (Å²) in [7, 11) is 0. The van der Waals surface area contributed by atoms with Crippen LogP contribution in [0.3, 0.4) is 0 Å². The Morgan fingerprint density at radius 1 is 1.38 bits per heavy atom. The van der Waals surface area contributed by atoms with Crippen molar-refractivity contribution in [1.29, 1.82) is 0 Å². The maximum atomic E-state index is 12.2. The van der Waals surface area contributed by atoms with E-state index >= 15 is 0 Å². The molecule has 0 saturated heterocycles. The van der Waals surface area contributed by atoms with E-state index in [0.717, 1.165) is 6.42 Å². The van der Waals surface area contributed by atoms with Crippen LogP contribution in [-0.4, -0.2) is 22.5 Å². The first-order valence-electron chi connectivity index (χ1n) is 6.32. The summed E-state index contributed by atoms with van der Waals surface area (Å²) >= 11 is 6.46. The number of aromatic nitrogens is 2. The van der Waals surface area contributed by atoms with E-state index in [2.05, 4.69) is 47.1 Å². The molecule has 1 aromatic carbocycles. The molecule has 2 aromatic rings. The average molecular weight is 415 g/mol. The Kier molecular flexibility index (Phi) is 5.69. The number of amides is 1. The summed E-state index contributed by atoms with van der Waals surface area (Å²) in [5.74, 6) is 0.766. The summed E-state index contributed by atoms with van der Waals surface area (Å²) in [6, 6.07) is 7.02. The quantitative estimate of drug-likeness (QED) is 0.801. The summed E-state index contributed by atoms with van der Waals surface area (Å²) in [4.78, 5) is 20.4. The summed E-state index contributed by atoms with van der Waals surface area (Å²) in [5.41, 5.74) is 0.500. The predicted octanol–water partition coefficient (Wildman–Crippen LogP) is 4.04. The van der Waals surface area contributed by atoms with E-state index in [1.807, 2.05) is 13.0 Å². The van der Waals surface area contributed by atoms with E-state index < -0.39 is 0 Å². The molecule has 0 atom stereocenters. The minimum atomic E-state index is -0.269. The van der Waals surface area contributed by atoms with Gasteiger partial charge in [-0.1, -0.05) is 13.0 Å². The zero-order valence-corrected chi connectivity index (χ0v) is 14.4. The van der Waals surface area contributed by atoms with Crippen LogP contribution in [0.1, 0.15) is 23.7 Å². The van der Waals surface area contributed by atoms with E-state index in [9.17, 15) is 4.79 Å². The molecule has 110 valence electrons. The number of nitrogens with one attached hydrogen (secondary N) is 1. The van der Waals surface area contributed by atoms with E-state index in [0.29, 0.717) is 32.9 Å². The molecular weight excluding hydrogens is 402 g/mol. The zero-order valence-electron chi connectivity index (χ0n) is 11.3. The smallest absolute Gasteiger partial charge is 0.257 e. The van der Waals surface area contributed by atoms with E-state index in [1.165, 1.54) is 6.20 Å². The van der Waals surface area contributed by atoms with Crippen LogP contribution in [0, 0.1) is 0 Å². The second kappa shape index (κ2) is 7.51. The summed E-state index contributed by atoms with van der Waals surface area (Å²) in [6.07, 6.45) is 2.43. The lowest BCUT2D eigenvalue weighted by Gasteiger charge is -2.08. The molecule has 1 aromatic heterocycles. The van der Waals surface area contributed by atoms with Crippen molar-refractivity contribution in [2.24, 2.45) is 0 Å². The molecule has 5 nitrogen and oxygen atoms in total. The standard InChI is InChI=1S/C14H13Br2N3O2/c1-2-6-21-10-5-3-4-9(7-10)14(20)19-13-12(16)18-11(15)8-17-13/h3-5,7-8H,2,6H2,1H3,(H,17,19,20). The average Bonchev–Trinajstić information content (AvgIpc) is 2.48. The second-order valence-electron chi connectivity index (χ2n) is 4.16. The van der Waals surface area contributed by atoms with Gasteiger partial charge in [0.05, 0.1) is 12.8 Å². The number of hydrogen-bond acceptors (Lipinski definition) is 4. The second-order valence-corrected chi connectivity index (χ2v) is 5.73. The Balaban J connectivity index is 2.12. The lowest BCUT2D eigenvalue weighted by molar-refractivity contribution is 0.102. The molecule has 1 amide bonds. The molecule has 0 fully saturated rings. The van der Waals surface area contributed by atoms with Gasteiger partial charge in [-0.15, -0.1) is 0 Å². The summed E-state index contributed by atoms with van der Waals surface area (Å²) in [6.45, 7) is 2.65. The van der Waals surface area contributed by atoms with Gasteiger partial charge >= 0.3 is 0 Å². The van der Waals surface area contributed by atoms with Gasteiger partial charge in [0.15, 0.2) is 5.82 Å². The summed E-state index contributed by atoms with van der Waals surface area (Å²) in [5, 5.41) is 2.70. The Morgan fingerprint density at radius 2 is 2.19 bits per heavy atom. The largest absolute Gasteiger partial charge is 0.494 e. The van der Waals surface area contributed by atoms with Gasteiger partial charge in [0.25, 0.3) is 5.91 Å². The lowest BCUT2D eigenvalue weighted by atomic mass is 10.2. The molecule has 0 aliphatic carbocycles. The molecule has 0 bridgehead atoms. The van der Waals surface area contributed by atoms with Crippen molar-refractivity contribution in [2.75, 3.05) is 11.9 Å². The molecule has 0 radical (unpaired) electrons. The monoisotopic (exact) mass is 413 g/mol. The van der Waals surface area contributed by atoms with Crippen LogP contribution >= 0.6 is 31.9 Å². The van der Waals surface area contributed by atoms with Crippen LogP contribution in [0.5, 0.6) is 5.75 Å². The molecule has 2 rings (SSSR count). The SMILES string of the molecule is CCCOc1cccc(C(=O)Nc2ncc(Br)nc2Br)c1. The molecule has 0 saturated carbocycles. The number of carbonyl (C=O) groups excluding carboxylic acids is 1. The van der Waals surface area contributed by atoms with Gasteiger partial charge in [-0.05, 0) is 56.5 Å². The van der Waals surface area contributed by atoms with Crippen LogP contribution in [0.25, 0.3) is 0 Å². The van der Waals surface area contributed by atoms with Crippen molar-refractivity contribution in [3.05, 3.63) is 45.2 Å². The number of benzene rings is 1. The molecule has 0 spiro atoms. The van der Waals surface area contributed by atoms with Gasteiger partial charge in [0.1, 0.15) is 15.0 Å². The first-order valence-corrected chi connectivity index (χ1v) is 7.91. The maximum absolute atomic E-state index is 12.2. The fraction of sp³-hybridized carbons (Fsp3) is 0.214. The van der Waals surface area contributed by atoms with E-state index in [-0.39, 0.29) is 5.91 Å². The normalized spacial score (nSPS) is 10.2. The third-order valence-corrected chi connectivity index (χ3v) is 3.44. The van der Waals surface area contributed by atoms with Crippen LogP contribution in [-0.2, 0) is 0 Å². The lowest BCUT2D eigenvalue weighted by Crippen LogP contribution is -2.14. The molecular formula is C14H13Br2N3O2. The highest BCUT2D eigenvalue weighted by molar-refractivity contribution is 9.11. The fourth-order valence-corrected chi connectivity index (χ4v) is 2.47. The third-order valence-electron chi connectivity index (χ3n) is 2.50. The predicted molar refractivity (Wildman–Crippen MR) is 87.6 cm³/mol. The van der Waals surface area contributed by atoms with Gasteiger partial charge in [-0.2, -0.15) is 0 Å². The Labute approximate surface area is 139 Å². The van der Waals surface area contributed by atoms with Crippen LogP contribution < -0.4 is 10.1 Å². The summed E-state index contributed by atoms with van der Waals surface area (Å²) < 4.78 is 6.56. The number of halogens is 2. The van der Waals surface area contributed by atoms with E-state index in [4.69, 9.17) is 4.74 Å². The molecule has 1 N–H and O–H groups in total. The Morgan fingerprint density at radius 3 is 2.90 bits per heavy atom. The minimum absolute atomic E-state index is 0.269. The van der Waals surface area contributed by atoms with E-state index in [1.54, 1.807) is 18.2 Å². The Hall–Kier alpha value is -1.47.